The molecule has 0 atom stereocenters. The van der Waals surface area contributed by atoms with Gasteiger partial charge in [-0.1, -0.05) is 11.6 Å². The SMILES string of the molecule is COc1cc(C2(C(F)(F)F)CC2)c(Cl)cc1-n1c(=O)ccc2cc(S(=O)(=O)Nc3ncccn3)ccc21. The van der Waals surface area contributed by atoms with Crippen LogP contribution in [0.2, 0.25) is 5.02 Å². The molecule has 37 heavy (non-hydrogen) atoms. The smallest absolute Gasteiger partial charge is 0.398 e. The fourth-order valence-electron chi connectivity index (χ4n) is 4.25. The van der Waals surface area contributed by atoms with Crippen molar-refractivity contribution in [2.45, 2.75) is 29.3 Å². The molecular formula is C24H18ClF3N4O4S. The van der Waals surface area contributed by atoms with Crippen molar-refractivity contribution in [3.05, 3.63) is 81.9 Å². The van der Waals surface area contributed by atoms with Crippen molar-refractivity contribution in [1.29, 1.82) is 0 Å². The summed E-state index contributed by atoms with van der Waals surface area (Å²) in [4.78, 5) is 20.5. The highest BCUT2D eigenvalue weighted by Crippen LogP contribution is 2.61. The van der Waals surface area contributed by atoms with E-state index in [0.29, 0.717) is 10.9 Å². The third-order valence-corrected chi connectivity index (χ3v) is 7.92. The highest BCUT2D eigenvalue weighted by molar-refractivity contribution is 7.92. The van der Waals surface area contributed by atoms with Crippen molar-refractivity contribution < 1.29 is 26.3 Å². The van der Waals surface area contributed by atoms with Gasteiger partial charge in [-0.25, -0.2) is 23.1 Å². The summed E-state index contributed by atoms with van der Waals surface area (Å²) >= 11 is 6.33. The van der Waals surface area contributed by atoms with Crippen LogP contribution >= 0.6 is 11.6 Å². The Morgan fingerprint density at radius 1 is 1.08 bits per heavy atom. The minimum absolute atomic E-state index is 0.0177. The second kappa shape index (κ2) is 8.73. The van der Waals surface area contributed by atoms with Crippen molar-refractivity contribution in [2.75, 3.05) is 11.8 Å². The second-order valence-corrected chi connectivity index (χ2v) is 10.6. The molecule has 2 heterocycles. The summed E-state index contributed by atoms with van der Waals surface area (Å²) in [5.74, 6) is -0.0940. The lowest BCUT2D eigenvalue weighted by molar-refractivity contribution is -0.160. The zero-order chi connectivity index (χ0) is 26.6. The van der Waals surface area contributed by atoms with Crippen LogP contribution < -0.4 is 15.0 Å². The molecule has 1 aliphatic carbocycles. The molecular weight excluding hydrogens is 533 g/mol. The van der Waals surface area contributed by atoms with Crippen molar-refractivity contribution in [2.24, 2.45) is 0 Å². The molecule has 1 N–H and O–H groups in total. The summed E-state index contributed by atoms with van der Waals surface area (Å²) in [6, 6.07) is 10.7. The Morgan fingerprint density at radius 3 is 2.41 bits per heavy atom. The van der Waals surface area contributed by atoms with E-state index >= 15 is 0 Å². The van der Waals surface area contributed by atoms with Gasteiger partial charge in [-0.05, 0) is 60.9 Å². The van der Waals surface area contributed by atoms with E-state index in [1.54, 1.807) is 0 Å². The average molecular weight is 551 g/mol. The summed E-state index contributed by atoms with van der Waals surface area (Å²) in [7, 11) is -2.78. The Kier molecular flexibility index (Phi) is 5.91. The van der Waals surface area contributed by atoms with Gasteiger partial charge in [0.15, 0.2) is 0 Å². The fraction of sp³-hybridized carbons (Fsp3) is 0.208. The molecule has 1 fully saturated rings. The Bertz CT molecular complexity index is 1690. The number of ether oxygens (including phenoxy) is 1. The number of anilines is 1. The number of hydrogen-bond acceptors (Lipinski definition) is 6. The van der Waals surface area contributed by atoms with E-state index in [1.807, 2.05) is 0 Å². The van der Waals surface area contributed by atoms with Crippen molar-refractivity contribution in [3.63, 3.8) is 0 Å². The molecule has 0 amide bonds. The second-order valence-electron chi connectivity index (χ2n) is 8.49. The van der Waals surface area contributed by atoms with Gasteiger partial charge in [0.2, 0.25) is 5.95 Å². The van der Waals surface area contributed by atoms with Gasteiger partial charge in [0, 0.05) is 28.9 Å². The number of nitrogens with one attached hydrogen (secondary N) is 1. The van der Waals surface area contributed by atoms with Crippen LogP contribution in [0.4, 0.5) is 19.1 Å². The highest BCUT2D eigenvalue weighted by atomic mass is 35.5. The van der Waals surface area contributed by atoms with Gasteiger partial charge in [0.05, 0.1) is 28.6 Å². The number of fused-ring (bicyclic) bond motifs is 1. The molecule has 2 aromatic carbocycles. The molecule has 192 valence electrons. The third kappa shape index (κ3) is 4.29. The van der Waals surface area contributed by atoms with Crippen molar-refractivity contribution >= 4 is 38.5 Å². The van der Waals surface area contributed by atoms with E-state index in [9.17, 15) is 26.4 Å². The summed E-state index contributed by atoms with van der Waals surface area (Å²) < 4.78 is 75.8. The molecule has 2 aromatic heterocycles. The number of halogens is 4. The highest BCUT2D eigenvalue weighted by Gasteiger charge is 2.65. The quantitative estimate of drug-likeness (QED) is 0.368. The summed E-state index contributed by atoms with van der Waals surface area (Å²) in [6.07, 6.45) is -1.90. The molecule has 8 nitrogen and oxygen atoms in total. The van der Waals surface area contributed by atoms with Gasteiger partial charge in [0.1, 0.15) is 5.75 Å². The number of rotatable bonds is 6. The van der Waals surface area contributed by atoms with Crippen LogP contribution in [-0.2, 0) is 15.4 Å². The normalized spacial score (nSPS) is 14.9. The largest absolute Gasteiger partial charge is 0.495 e. The van der Waals surface area contributed by atoms with Crippen molar-refractivity contribution in [1.82, 2.24) is 14.5 Å². The minimum atomic E-state index is -4.49. The zero-order valence-corrected chi connectivity index (χ0v) is 20.7. The lowest BCUT2D eigenvalue weighted by Gasteiger charge is -2.23. The molecule has 0 aliphatic heterocycles. The molecule has 0 bridgehead atoms. The van der Waals surface area contributed by atoms with Crippen LogP contribution in [0, 0.1) is 0 Å². The first-order chi connectivity index (χ1) is 17.5. The number of alkyl halides is 3. The minimum Gasteiger partial charge on any atom is -0.495 e. The Hall–Kier alpha value is -3.64. The Morgan fingerprint density at radius 2 is 1.78 bits per heavy atom. The Balaban J connectivity index is 1.63. The maximum Gasteiger partial charge on any atom is 0.398 e. The molecule has 5 rings (SSSR count). The molecule has 0 radical (unpaired) electrons. The van der Waals surface area contributed by atoms with Crippen molar-refractivity contribution in [3.8, 4) is 11.4 Å². The van der Waals surface area contributed by atoms with E-state index in [2.05, 4.69) is 14.7 Å². The standard InChI is InChI=1S/C24H18ClF3N4O4S/c1-36-20-12-16(23(7-8-23)24(26,27)28)17(25)13-19(20)32-18-5-4-15(11-14(18)3-6-21(32)33)37(34,35)31-22-29-9-2-10-30-22/h2-6,9-13H,7-8H2,1H3,(H,29,30,31). The maximum absolute atomic E-state index is 13.7. The zero-order valence-electron chi connectivity index (χ0n) is 19.1. The molecule has 0 saturated heterocycles. The van der Waals surface area contributed by atoms with Crippen LogP contribution in [0.3, 0.4) is 0 Å². The van der Waals surface area contributed by atoms with Gasteiger partial charge in [-0.3, -0.25) is 9.36 Å². The summed E-state index contributed by atoms with van der Waals surface area (Å²) in [6.45, 7) is 0. The number of benzene rings is 2. The average Bonchev–Trinajstić information content (AvgIpc) is 3.66. The van der Waals surface area contributed by atoms with Gasteiger partial charge in [0.25, 0.3) is 15.6 Å². The number of hydrogen-bond donors (Lipinski definition) is 1. The van der Waals surface area contributed by atoms with Crippen LogP contribution in [0.25, 0.3) is 16.6 Å². The van der Waals surface area contributed by atoms with E-state index in [0.717, 1.165) is 0 Å². The number of aromatic nitrogens is 3. The molecule has 1 aliphatic rings. The molecule has 4 aromatic rings. The van der Waals surface area contributed by atoms with Crippen LogP contribution in [0.15, 0.2) is 70.6 Å². The monoisotopic (exact) mass is 550 g/mol. The first kappa shape index (κ1) is 25.0. The molecule has 1 saturated carbocycles. The third-order valence-electron chi connectivity index (χ3n) is 6.29. The first-order valence-electron chi connectivity index (χ1n) is 10.9. The summed E-state index contributed by atoms with van der Waals surface area (Å²) in [5.41, 5.74) is -2.26. The lowest BCUT2D eigenvalue weighted by Crippen LogP contribution is -2.29. The molecule has 0 spiro atoms. The fourth-order valence-corrected chi connectivity index (χ4v) is 5.58. The topological polar surface area (TPSA) is 103 Å². The number of methoxy groups -OCH3 is 1. The molecule has 0 unspecified atom stereocenters. The predicted molar refractivity (Wildman–Crippen MR) is 131 cm³/mol. The number of pyridine rings is 1. The van der Waals surface area contributed by atoms with Gasteiger partial charge in [-0.15, -0.1) is 0 Å². The summed E-state index contributed by atoms with van der Waals surface area (Å²) in [5, 5.41) is 0.216. The van der Waals surface area contributed by atoms with Crippen LogP contribution in [0.1, 0.15) is 18.4 Å². The van der Waals surface area contributed by atoms with Crippen LogP contribution in [0.5, 0.6) is 5.75 Å². The van der Waals surface area contributed by atoms with E-state index < -0.39 is 27.2 Å². The first-order valence-corrected chi connectivity index (χ1v) is 12.7. The number of sulfonamides is 1. The lowest BCUT2D eigenvalue weighted by atomic mass is 9.94. The van der Waals surface area contributed by atoms with E-state index in [-0.39, 0.29) is 45.7 Å². The van der Waals surface area contributed by atoms with Crippen LogP contribution in [-0.4, -0.2) is 36.2 Å². The number of nitrogens with zero attached hydrogens (tertiary/aromatic N) is 3. The predicted octanol–water partition coefficient (Wildman–Crippen LogP) is 4.84. The van der Waals surface area contributed by atoms with Gasteiger partial charge >= 0.3 is 6.18 Å². The van der Waals surface area contributed by atoms with Gasteiger partial charge < -0.3 is 4.74 Å². The van der Waals surface area contributed by atoms with E-state index in [4.69, 9.17) is 16.3 Å². The Labute approximate surface area is 213 Å². The van der Waals surface area contributed by atoms with E-state index in [1.165, 1.54) is 72.6 Å². The molecule has 13 heteroatoms. The van der Waals surface area contributed by atoms with Gasteiger partial charge in [-0.2, -0.15) is 13.2 Å². The maximum atomic E-state index is 13.7.